The van der Waals surface area contributed by atoms with Crippen molar-refractivity contribution in [3.63, 3.8) is 0 Å². The topological polar surface area (TPSA) is 32.8 Å². The lowest BCUT2D eigenvalue weighted by atomic mass is 10.0. The fourth-order valence-electron chi connectivity index (χ4n) is 2.87. The maximum Gasteiger partial charge on any atom is 0.219 e. The lowest BCUT2D eigenvalue weighted by Gasteiger charge is -2.41. The van der Waals surface area contributed by atoms with E-state index < -0.39 is 0 Å². The summed E-state index contributed by atoms with van der Waals surface area (Å²) in [5, 5.41) is 0. The summed E-state index contributed by atoms with van der Waals surface area (Å²) in [4.78, 5) is 15.6. The molecule has 4 heteroatoms. The minimum absolute atomic E-state index is 0.208. The Labute approximate surface area is 104 Å². The quantitative estimate of drug-likeness (QED) is 0.732. The molecule has 2 rings (SSSR count). The highest BCUT2D eigenvalue weighted by Crippen LogP contribution is 2.22. The molecule has 17 heavy (non-hydrogen) atoms. The van der Waals surface area contributed by atoms with Gasteiger partial charge < -0.3 is 9.64 Å². The van der Waals surface area contributed by atoms with Crippen molar-refractivity contribution in [1.82, 2.24) is 9.80 Å². The molecule has 0 radical (unpaired) electrons. The Kier molecular flexibility index (Phi) is 4.40. The molecular formula is C13H24N2O2. The van der Waals surface area contributed by atoms with Gasteiger partial charge in [0.1, 0.15) is 6.23 Å². The molecule has 2 heterocycles. The number of amides is 1. The third kappa shape index (κ3) is 3.19. The molecule has 1 unspecified atom stereocenters. The first kappa shape index (κ1) is 12.8. The first-order valence-corrected chi connectivity index (χ1v) is 6.77. The molecule has 2 saturated heterocycles. The van der Waals surface area contributed by atoms with Gasteiger partial charge in [-0.3, -0.25) is 9.69 Å². The van der Waals surface area contributed by atoms with Crippen molar-refractivity contribution in [2.75, 3.05) is 26.7 Å². The maximum absolute atomic E-state index is 11.3. The number of carbonyl (C=O) groups is 1. The number of hydrogen-bond acceptors (Lipinski definition) is 3. The molecule has 4 nitrogen and oxygen atoms in total. The summed E-state index contributed by atoms with van der Waals surface area (Å²) in [6.45, 7) is 4.36. The zero-order chi connectivity index (χ0) is 12.3. The first-order valence-electron chi connectivity index (χ1n) is 6.77. The molecule has 0 aromatic carbocycles. The summed E-state index contributed by atoms with van der Waals surface area (Å²) in [7, 11) is 2.17. The number of piperidine rings is 1. The van der Waals surface area contributed by atoms with E-state index in [1.165, 1.54) is 12.8 Å². The third-order valence-electron chi connectivity index (χ3n) is 4.10. The van der Waals surface area contributed by atoms with Crippen LogP contribution in [0.25, 0.3) is 0 Å². The van der Waals surface area contributed by atoms with Crippen LogP contribution in [0.1, 0.15) is 39.0 Å². The summed E-state index contributed by atoms with van der Waals surface area (Å²) in [5.41, 5.74) is 0. The van der Waals surface area contributed by atoms with E-state index in [2.05, 4.69) is 11.9 Å². The minimum atomic E-state index is 0.208. The lowest BCUT2D eigenvalue weighted by Crippen LogP contribution is -2.49. The average Bonchev–Trinajstić information content (AvgIpc) is 2.39. The van der Waals surface area contributed by atoms with Gasteiger partial charge in [-0.15, -0.1) is 0 Å². The Hall–Kier alpha value is -0.610. The van der Waals surface area contributed by atoms with E-state index in [4.69, 9.17) is 4.74 Å². The van der Waals surface area contributed by atoms with Gasteiger partial charge in [0.15, 0.2) is 0 Å². The number of carbonyl (C=O) groups excluding carboxylic acids is 1. The molecule has 0 aromatic heterocycles. The number of nitrogens with zero attached hydrogens (tertiary/aromatic N) is 2. The summed E-state index contributed by atoms with van der Waals surface area (Å²) >= 11 is 0. The Morgan fingerprint density at radius 1 is 1.24 bits per heavy atom. The van der Waals surface area contributed by atoms with Crippen molar-refractivity contribution in [3.8, 4) is 0 Å². The molecule has 2 aliphatic heterocycles. The Balaban J connectivity index is 1.81. The first-order chi connectivity index (χ1) is 8.18. The van der Waals surface area contributed by atoms with Gasteiger partial charge in [0.2, 0.25) is 5.91 Å². The average molecular weight is 240 g/mol. The molecule has 98 valence electrons. The number of rotatable bonds is 2. The van der Waals surface area contributed by atoms with E-state index in [0.29, 0.717) is 12.3 Å². The van der Waals surface area contributed by atoms with Gasteiger partial charge in [0, 0.05) is 32.7 Å². The van der Waals surface area contributed by atoms with E-state index in [1.807, 2.05) is 4.90 Å². The van der Waals surface area contributed by atoms with Crippen LogP contribution in [0.15, 0.2) is 0 Å². The molecule has 0 saturated carbocycles. The molecule has 2 aliphatic rings. The third-order valence-corrected chi connectivity index (χ3v) is 4.10. The maximum atomic E-state index is 11.3. The van der Waals surface area contributed by atoms with Gasteiger partial charge in [0.05, 0.1) is 0 Å². The van der Waals surface area contributed by atoms with Crippen molar-refractivity contribution in [1.29, 1.82) is 0 Å². The molecule has 0 N–H and O–H groups in total. The summed E-state index contributed by atoms with van der Waals surface area (Å²) < 4.78 is 5.81. The molecule has 0 aromatic rings. The van der Waals surface area contributed by atoms with E-state index >= 15 is 0 Å². The number of ether oxygens (including phenoxy) is 1. The highest BCUT2D eigenvalue weighted by Gasteiger charge is 2.28. The van der Waals surface area contributed by atoms with Gasteiger partial charge in [0.25, 0.3) is 0 Å². The molecular weight excluding hydrogens is 216 g/mol. The van der Waals surface area contributed by atoms with E-state index in [0.717, 1.165) is 39.0 Å². The predicted octanol–water partition coefficient (Wildman–Crippen LogP) is 1.46. The fourth-order valence-corrected chi connectivity index (χ4v) is 2.87. The van der Waals surface area contributed by atoms with Crippen molar-refractivity contribution in [2.45, 2.75) is 51.3 Å². The van der Waals surface area contributed by atoms with Gasteiger partial charge in [-0.1, -0.05) is 0 Å². The summed E-state index contributed by atoms with van der Waals surface area (Å²) in [6.07, 6.45) is 6.10. The van der Waals surface area contributed by atoms with Gasteiger partial charge in [-0.25, -0.2) is 0 Å². The van der Waals surface area contributed by atoms with Crippen LogP contribution in [0.5, 0.6) is 0 Å². The monoisotopic (exact) mass is 240 g/mol. The van der Waals surface area contributed by atoms with Crippen LogP contribution in [-0.4, -0.2) is 54.7 Å². The summed E-state index contributed by atoms with van der Waals surface area (Å²) in [6, 6.07) is 0.577. The second-order valence-electron chi connectivity index (χ2n) is 5.22. The van der Waals surface area contributed by atoms with Gasteiger partial charge >= 0.3 is 0 Å². The Morgan fingerprint density at radius 2 is 1.94 bits per heavy atom. The van der Waals surface area contributed by atoms with E-state index in [9.17, 15) is 4.79 Å². The summed E-state index contributed by atoms with van der Waals surface area (Å²) in [5.74, 6) is 0.208. The number of hydrogen-bond donors (Lipinski definition) is 0. The van der Waals surface area contributed by atoms with Crippen molar-refractivity contribution in [3.05, 3.63) is 0 Å². The second kappa shape index (κ2) is 5.83. The van der Waals surface area contributed by atoms with Crippen LogP contribution in [0.3, 0.4) is 0 Å². The van der Waals surface area contributed by atoms with Crippen LogP contribution in [0.2, 0.25) is 0 Å². The van der Waals surface area contributed by atoms with Gasteiger partial charge in [-0.2, -0.15) is 0 Å². The van der Waals surface area contributed by atoms with E-state index in [1.54, 1.807) is 6.92 Å². The molecule has 1 atom stereocenters. The SMILES string of the molecule is CC(=O)N1CCC(N(C)C2CCCCO2)CC1. The zero-order valence-corrected chi connectivity index (χ0v) is 11.0. The van der Waals surface area contributed by atoms with Crippen molar-refractivity contribution < 1.29 is 9.53 Å². The normalized spacial score (nSPS) is 27.5. The Morgan fingerprint density at radius 3 is 2.47 bits per heavy atom. The van der Waals surface area contributed by atoms with E-state index in [-0.39, 0.29) is 5.91 Å². The minimum Gasteiger partial charge on any atom is -0.363 e. The fraction of sp³-hybridized carbons (Fsp3) is 0.923. The number of likely N-dealkylation sites (tertiary alicyclic amines) is 1. The highest BCUT2D eigenvalue weighted by molar-refractivity contribution is 5.73. The second-order valence-corrected chi connectivity index (χ2v) is 5.22. The van der Waals surface area contributed by atoms with Crippen LogP contribution >= 0.6 is 0 Å². The molecule has 0 spiro atoms. The Bertz CT molecular complexity index is 256. The van der Waals surface area contributed by atoms with Crippen LogP contribution in [0.4, 0.5) is 0 Å². The zero-order valence-electron chi connectivity index (χ0n) is 11.0. The van der Waals surface area contributed by atoms with Gasteiger partial charge in [-0.05, 0) is 39.2 Å². The lowest BCUT2D eigenvalue weighted by molar-refractivity contribution is -0.132. The standard InChI is InChI=1S/C13H24N2O2/c1-11(16)15-8-6-12(7-9-15)14(2)13-5-3-4-10-17-13/h12-13H,3-10H2,1-2H3. The van der Waals surface area contributed by atoms with Crippen LogP contribution in [-0.2, 0) is 9.53 Å². The van der Waals surface area contributed by atoms with Crippen molar-refractivity contribution in [2.24, 2.45) is 0 Å². The smallest absolute Gasteiger partial charge is 0.219 e. The molecule has 0 aliphatic carbocycles. The molecule has 1 amide bonds. The molecule has 0 bridgehead atoms. The molecule has 2 fully saturated rings. The predicted molar refractivity (Wildman–Crippen MR) is 66.6 cm³/mol. The van der Waals surface area contributed by atoms with Crippen LogP contribution in [0, 0.1) is 0 Å². The van der Waals surface area contributed by atoms with Crippen molar-refractivity contribution >= 4 is 5.91 Å². The highest BCUT2D eigenvalue weighted by atomic mass is 16.5. The van der Waals surface area contributed by atoms with Crippen LogP contribution < -0.4 is 0 Å². The largest absolute Gasteiger partial charge is 0.363 e.